The molecule has 3 atom stereocenters. The number of rotatable bonds is 6. The highest BCUT2D eigenvalue weighted by molar-refractivity contribution is 7.04. The lowest BCUT2D eigenvalue weighted by molar-refractivity contribution is -0.124. The highest BCUT2D eigenvalue weighted by Crippen LogP contribution is 2.36. The van der Waals surface area contributed by atoms with Crippen LogP contribution in [-0.2, 0) is 9.53 Å². The second-order valence-corrected chi connectivity index (χ2v) is 7.09. The van der Waals surface area contributed by atoms with E-state index in [9.17, 15) is 14.0 Å². The Morgan fingerprint density at radius 3 is 2.96 bits per heavy atom. The Bertz CT molecular complexity index is 640. The molecule has 2 fully saturated rings. The van der Waals surface area contributed by atoms with Crippen LogP contribution in [0.4, 0.5) is 10.1 Å². The van der Waals surface area contributed by atoms with Crippen LogP contribution in [0.2, 0.25) is 0 Å². The van der Waals surface area contributed by atoms with Gasteiger partial charge in [-0.05, 0) is 30.8 Å². The summed E-state index contributed by atoms with van der Waals surface area (Å²) >= 11 is 1.14. The third kappa shape index (κ3) is 3.36. The Morgan fingerprint density at radius 1 is 1.62 bits per heavy atom. The van der Waals surface area contributed by atoms with Gasteiger partial charge >= 0.3 is 0 Å². The number of hydrogen-bond acceptors (Lipinski definition) is 6. The van der Waals surface area contributed by atoms with Gasteiger partial charge in [0.15, 0.2) is 5.69 Å². The Morgan fingerprint density at radius 2 is 2.38 bits per heavy atom. The van der Waals surface area contributed by atoms with Crippen LogP contribution in [0.3, 0.4) is 0 Å². The number of hydrogen-bond donors (Lipinski definition) is 2. The minimum absolute atomic E-state index is 0.239. The molecule has 0 bridgehead atoms. The molecule has 24 heavy (non-hydrogen) atoms. The van der Waals surface area contributed by atoms with E-state index in [-0.39, 0.29) is 23.9 Å². The molecule has 2 aliphatic rings. The second-order valence-electron chi connectivity index (χ2n) is 6.47. The number of carbonyl (C=O) groups excluding carboxylic acids is 2. The number of likely N-dealkylation sites (tertiary alicyclic amines) is 1. The predicted molar refractivity (Wildman–Crippen MR) is 87.4 cm³/mol. The maximum Gasteiger partial charge on any atom is 0.275 e. The van der Waals surface area contributed by atoms with Crippen molar-refractivity contribution in [3.8, 4) is 0 Å². The van der Waals surface area contributed by atoms with Gasteiger partial charge in [0, 0.05) is 32.2 Å². The van der Waals surface area contributed by atoms with E-state index in [1.165, 1.54) is 0 Å². The van der Waals surface area contributed by atoms with Gasteiger partial charge in [0.05, 0.1) is 17.1 Å². The van der Waals surface area contributed by atoms with Crippen molar-refractivity contribution < 1.29 is 18.7 Å². The van der Waals surface area contributed by atoms with Crippen molar-refractivity contribution in [1.82, 2.24) is 14.6 Å². The molecule has 0 radical (unpaired) electrons. The number of halogens is 1. The van der Waals surface area contributed by atoms with Crippen LogP contribution in [0, 0.1) is 5.92 Å². The van der Waals surface area contributed by atoms with Crippen molar-refractivity contribution in [2.24, 2.45) is 5.92 Å². The van der Waals surface area contributed by atoms with Gasteiger partial charge in [-0.2, -0.15) is 4.37 Å². The van der Waals surface area contributed by atoms with Crippen molar-refractivity contribution in [2.45, 2.75) is 31.0 Å². The molecular formula is C15H21FN4O3S. The molecule has 0 aromatic carbocycles. The van der Waals surface area contributed by atoms with E-state index in [0.29, 0.717) is 38.2 Å². The highest BCUT2D eigenvalue weighted by Gasteiger charge is 2.48. The SMILES string of the molecule is COCCC1(NC(=O)C2CC2F)CCN(C(=O)c2nscc2N)C1. The van der Waals surface area contributed by atoms with Crippen LogP contribution in [0.15, 0.2) is 5.38 Å². The lowest BCUT2D eigenvalue weighted by atomic mass is 9.94. The van der Waals surface area contributed by atoms with Gasteiger partial charge in [-0.3, -0.25) is 9.59 Å². The Hall–Kier alpha value is -1.74. The Labute approximate surface area is 143 Å². The number of ether oxygens (including phenoxy) is 1. The van der Waals surface area contributed by atoms with Gasteiger partial charge in [-0.15, -0.1) is 0 Å². The molecular weight excluding hydrogens is 335 g/mol. The standard InChI is InChI=1S/C15H21FN4O3S/c1-23-5-3-15(18-13(21)9-6-10(9)16)2-4-20(8-15)14(22)12-11(17)7-24-19-12/h7,9-10H,2-6,8,17H2,1H3,(H,18,21). The molecule has 0 spiro atoms. The molecule has 1 aliphatic carbocycles. The fourth-order valence-corrected chi connectivity index (χ4v) is 3.62. The number of aromatic nitrogens is 1. The fourth-order valence-electron chi connectivity index (χ4n) is 3.06. The average molecular weight is 356 g/mol. The Kier molecular flexibility index (Phi) is 4.73. The van der Waals surface area contributed by atoms with Crippen molar-refractivity contribution >= 4 is 29.0 Å². The van der Waals surface area contributed by atoms with Crippen LogP contribution in [0.25, 0.3) is 0 Å². The molecule has 2 heterocycles. The molecule has 3 N–H and O–H groups in total. The topological polar surface area (TPSA) is 97.5 Å². The number of nitrogens with one attached hydrogen (secondary N) is 1. The quantitative estimate of drug-likeness (QED) is 0.786. The monoisotopic (exact) mass is 356 g/mol. The molecule has 1 saturated carbocycles. The number of amides is 2. The molecule has 2 amide bonds. The van der Waals surface area contributed by atoms with E-state index in [1.54, 1.807) is 17.4 Å². The summed E-state index contributed by atoms with van der Waals surface area (Å²) in [7, 11) is 1.59. The van der Waals surface area contributed by atoms with Gasteiger partial charge in [0.2, 0.25) is 5.91 Å². The summed E-state index contributed by atoms with van der Waals surface area (Å²) in [5.74, 6) is -1.07. The van der Waals surface area contributed by atoms with E-state index in [1.807, 2.05) is 0 Å². The normalized spacial score (nSPS) is 28.8. The fraction of sp³-hybridized carbons (Fsp3) is 0.667. The molecule has 132 valence electrons. The number of nitrogens with zero attached hydrogens (tertiary/aromatic N) is 2. The first-order chi connectivity index (χ1) is 11.5. The first-order valence-electron chi connectivity index (χ1n) is 7.90. The maximum atomic E-state index is 13.1. The molecule has 3 unspecified atom stereocenters. The van der Waals surface area contributed by atoms with Gasteiger partial charge in [0.1, 0.15) is 6.17 Å². The predicted octanol–water partition coefficient (Wildman–Crippen LogP) is 0.821. The zero-order chi connectivity index (χ0) is 17.3. The van der Waals surface area contributed by atoms with Crippen LogP contribution < -0.4 is 11.1 Å². The van der Waals surface area contributed by atoms with Crippen molar-refractivity contribution in [3.05, 3.63) is 11.1 Å². The van der Waals surface area contributed by atoms with E-state index >= 15 is 0 Å². The summed E-state index contributed by atoms with van der Waals surface area (Å²) in [5.41, 5.74) is 5.79. The summed E-state index contributed by atoms with van der Waals surface area (Å²) in [4.78, 5) is 26.4. The van der Waals surface area contributed by atoms with E-state index < -0.39 is 17.6 Å². The van der Waals surface area contributed by atoms with Gasteiger partial charge in [-0.1, -0.05) is 0 Å². The minimum Gasteiger partial charge on any atom is -0.396 e. The largest absolute Gasteiger partial charge is 0.396 e. The third-order valence-corrected chi connectivity index (χ3v) is 5.31. The number of alkyl halides is 1. The zero-order valence-corrected chi connectivity index (χ0v) is 14.3. The summed E-state index contributed by atoms with van der Waals surface area (Å²) in [6.07, 6.45) is 0.402. The average Bonchev–Trinajstić information content (AvgIpc) is 2.96. The van der Waals surface area contributed by atoms with Gasteiger partial charge in [0.25, 0.3) is 5.91 Å². The first kappa shape index (κ1) is 17.1. The zero-order valence-electron chi connectivity index (χ0n) is 13.5. The number of carbonyl (C=O) groups is 2. The second kappa shape index (κ2) is 6.64. The first-order valence-corrected chi connectivity index (χ1v) is 8.73. The van der Waals surface area contributed by atoms with Crippen LogP contribution >= 0.6 is 11.5 Å². The molecule has 1 aliphatic heterocycles. The third-order valence-electron chi connectivity index (χ3n) is 4.66. The van der Waals surface area contributed by atoms with Crippen molar-refractivity contribution in [1.29, 1.82) is 0 Å². The molecule has 7 nitrogen and oxygen atoms in total. The van der Waals surface area contributed by atoms with Gasteiger partial charge < -0.3 is 20.7 Å². The van der Waals surface area contributed by atoms with Gasteiger partial charge in [-0.25, -0.2) is 4.39 Å². The molecule has 9 heteroatoms. The summed E-state index contributed by atoms with van der Waals surface area (Å²) in [5, 5.41) is 4.59. The summed E-state index contributed by atoms with van der Waals surface area (Å²) in [6, 6.07) is 0. The number of anilines is 1. The molecule has 3 rings (SSSR count). The van der Waals surface area contributed by atoms with Crippen LogP contribution in [0.5, 0.6) is 0 Å². The minimum atomic E-state index is -1.04. The lowest BCUT2D eigenvalue weighted by Crippen LogP contribution is -2.52. The highest BCUT2D eigenvalue weighted by atomic mass is 32.1. The number of methoxy groups -OCH3 is 1. The number of nitrogen functional groups attached to an aromatic ring is 1. The Balaban J connectivity index is 1.70. The maximum absolute atomic E-state index is 13.1. The van der Waals surface area contributed by atoms with Crippen LogP contribution in [-0.4, -0.2) is 59.6 Å². The van der Waals surface area contributed by atoms with E-state index in [4.69, 9.17) is 10.5 Å². The van der Waals surface area contributed by atoms with E-state index in [2.05, 4.69) is 9.69 Å². The molecule has 1 aromatic rings. The van der Waals surface area contributed by atoms with Crippen molar-refractivity contribution in [3.63, 3.8) is 0 Å². The smallest absolute Gasteiger partial charge is 0.275 e. The van der Waals surface area contributed by atoms with Crippen molar-refractivity contribution in [2.75, 3.05) is 32.5 Å². The summed E-state index contributed by atoms with van der Waals surface area (Å²) < 4.78 is 22.3. The molecule has 1 saturated heterocycles. The van der Waals surface area contributed by atoms with Crippen LogP contribution in [0.1, 0.15) is 29.8 Å². The lowest BCUT2D eigenvalue weighted by Gasteiger charge is -2.30. The molecule has 1 aromatic heterocycles. The number of nitrogens with two attached hydrogens (primary N) is 1. The van der Waals surface area contributed by atoms with E-state index in [0.717, 1.165) is 11.5 Å². The summed E-state index contributed by atoms with van der Waals surface area (Å²) in [6.45, 7) is 1.29.